The first-order valence-electron chi connectivity index (χ1n) is 7.38. The van der Waals surface area contributed by atoms with Gasteiger partial charge in [0.1, 0.15) is 0 Å². The molecule has 0 amide bonds. The molecule has 0 saturated carbocycles. The minimum absolute atomic E-state index is 0.0150. The van der Waals surface area contributed by atoms with Crippen molar-refractivity contribution in [3.63, 3.8) is 0 Å². The number of carbonyl (C=O) groups excluding carboxylic acids is 3. The van der Waals surface area contributed by atoms with Crippen LogP contribution in [0.5, 0.6) is 0 Å². The Kier molecular flexibility index (Phi) is 8.66. The molecule has 0 aliphatic rings. The summed E-state index contributed by atoms with van der Waals surface area (Å²) in [5.41, 5.74) is -2.02. The van der Waals surface area contributed by atoms with Gasteiger partial charge in [-0.2, -0.15) is 0 Å². The highest BCUT2D eigenvalue weighted by atomic mass is 16.6. The van der Waals surface area contributed by atoms with Gasteiger partial charge in [0.25, 0.3) is 5.41 Å². The van der Waals surface area contributed by atoms with Gasteiger partial charge in [-0.25, -0.2) is 0 Å². The lowest BCUT2D eigenvalue weighted by atomic mass is 9.81. The van der Waals surface area contributed by atoms with Gasteiger partial charge >= 0.3 is 17.9 Å². The molecule has 0 saturated heterocycles. The zero-order valence-corrected chi connectivity index (χ0v) is 13.6. The van der Waals surface area contributed by atoms with E-state index in [-0.39, 0.29) is 32.2 Å². The standard InChI is InChI=1S/C15H26O6/c1-6-19-12(16)15(10-9-11(4)5,13(17)20-7-2)14(18)21-8-3/h11H,6-10H2,1-5H3. The molecule has 0 aromatic heterocycles. The van der Waals surface area contributed by atoms with Gasteiger partial charge in [-0.05, 0) is 39.5 Å². The third-order valence-electron chi connectivity index (χ3n) is 2.97. The lowest BCUT2D eigenvalue weighted by Crippen LogP contribution is -2.49. The number of hydrogen-bond acceptors (Lipinski definition) is 6. The number of hydrogen-bond donors (Lipinski definition) is 0. The van der Waals surface area contributed by atoms with Crippen LogP contribution in [0.25, 0.3) is 0 Å². The van der Waals surface area contributed by atoms with E-state index in [0.29, 0.717) is 6.42 Å². The van der Waals surface area contributed by atoms with Gasteiger partial charge in [0, 0.05) is 0 Å². The zero-order chi connectivity index (χ0) is 16.5. The molecule has 0 aliphatic heterocycles. The van der Waals surface area contributed by atoms with E-state index in [4.69, 9.17) is 14.2 Å². The predicted octanol–water partition coefficient (Wildman–Crippen LogP) is 2.10. The van der Waals surface area contributed by atoms with E-state index in [1.165, 1.54) is 0 Å². The van der Waals surface area contributed by atoms with Crippen LogP contribution in [0.3, 0.4) is 0 Å². The number of ether oxygens (including phenoxy) is 3. The molecule has 0 fully saturated rings. The van der Waals surface area contributed by atoms with Crippen molar-refractivity contribution in [2.45, 2.75) is 47.5 Å². The second-order valence-corrected chi connectivity index (χ2v) is 5.00. The Morgan fingerprint density at radius 1 is 0.810 bits per heavy atom. The summed E-state index contributed by atoms with van der Waals surface area (Å²) < 4.78 is 14.8. The van der Waals surface area contributed by atoms with Crippen LogP contribution in [0.2, 0.25) is 0 Å². The van der Waals surface area contributed by atoms with Crippen molar-refractivity contribution >= 4 is 17.9 Å². The minimum atomic E-state index is -2.02. The molecule has 0 heterocycles. The molecule has 0 aromatic carbocycles. The molecular formula is C15H26O6. The molecule has 0 N–H and O–H groups in total. The Balaban J connectivity index is 5.62. The van der Waals surface area contributed by atoms with Gasteiger partial charge in [0.05, 0.1) is 19.8 Å². The van der Waals surface area contributed by atoms with E-state index in [1.54, 1.807) is 20.8 Å². The first-order valence-corrected chi connectivity index (χ1v) is 7.38. The van der Waals surface area contributed by atoms with Crippen molar-refractivity contribution in [2.24, 2.45) is 11.3 Å². The molecule has 6 heteroatoms. The van der Waals surface area contributed by atoms with Crippen LogP contribution >= 0.6 is 0 Å². The summed E-state index contributed by atoms with van der Waals surface area (Å²) in [6.07, 6.45) is 0.512. The van der Waals surface area contributed by atoms with Crippen LogP contribution < -0.4 is 0 Å². The quantitative estimate of drug-likeness (QED) is 0.369. The normalized spacial score (nSPS) is 11.1. The molecule has 0 radical (unpaired) electrons. The topological polar surface area (TPSA) is 78.9 Å². The van der Waals surface area contributed by atoms with Crippen LogP contribution in [0.1, 0.15) is 47.5 Å². The number of carbonyl (C=O) groups is 3. The van der Waals surface area contributed by atoms with Gasteiger partial charge in [0.2, 0.25) is 0 Å². The Morgan fingerprint density at radius 2 is 1.14 bits per heavy atom. The maximum Gasteiger partial charge on any atom is 0.335 e. The summed E-state index contributed by atoms with van der Waals surface area (Å²) in [5, 5.41) is 0. The molecule has 0 rings (SSSR count). The van der Waals surface area contributed by atoms with Crippen molar-refractivity contribution < 1.29 is 28.6 Å². The highest BCUT2D eigenvalue weighted by Crippen LogP contribution is 2.31. The largest absolute Gasteiger partial charge is 0.465 e. The van der Waals surface area contributed by atoms with E-state index in [9.17, 15) is 14.4 Å². The number of rotatable bonds is 9. The van der Waals surface area contributed by atoms with E-state index in [1.807, 2.05) is 13.8 Å². The predicted molar refractivity (Wildman–Crippen MR) is 76.4 cm³/mol. The first kappa shape index (κ1) is 19.4. The fraction of sp³-hybridized carbons (Fsp3) is 0.800. The Hall–Kier alpha value is -1.59. The first-order chi connectivity index (χ1) is 9.86. The highest BCUT2D eigenvalue weighted by molar-refractivity contribution is 6.17. The van der Waals surface area contributed by atoms with E-state index in [0.717, 1.165) is 0 Å². The Bertz CT molecular complexity index is 316. The second kappa shape index (κ2) is 9.37. The van der Waals surface area contributed by atoms with Crippen LogP contribution in [0, 0.1) is 11.3 Å². The van der Waals surface area contributed by atoms with Crippen molar-refractivity contribution in [3.8, 4) is 0 Å². The molecule has 122 valence electrons. The molecule has 0 unspecified atom stereocenters. The average Bonchev–Trinajstić information content (AvgIpc) is 2.40. The summed E-state index contributed by atoms with van der Waals surface area (Å²) in [5.74, 6) is -2.49. The fourth-order valence-electron chi connectivity index (χ4n) is 1.82. The van der Waals surface area contributed by atoms with Crippen molar-refractivity contribution in [1.82, 2.24) is 0 Å². The lowest BCUT2D eigenvalue weighted by molar-refractivity contribution is -0.184. The van der Waals surface area contributed by atoms with Crippen LogP contribution in [-0.4, -0.2) is 37.7 Å². The molecule has 0 spiro atoms. The summed E-state index contributed by atoms with van der Waals surface area (Å²) in [7, 11) is 0. The zero-order valence-electron chi connectivity index (χ0n) is 13.6. The third-order valence-corrected chi connectivity index (χ3v) is 2.97. The minimum Gasteiger partial charge on any atom is -0.465 e. The molecule has 0 aliphatic carbocycles. The maximum absolute atomic E-state index is 12.3. The van der Waals surface area contributed by atoms with Crippen LogP contribution in [0.15, 0.2) is 0 Å². The van der Waals surface area contributed by atoms with E-state index < -0.39 is 23.3 Å². The fourth-order valence-corrected chi connectivity index (χ4v) is 1.82. The van der Waals surface area contributed by atoms with Gasteiger partial charge in [-0.15, -0.1) is 0 Å². The summed E-state index contributed by atoms with van der Waals surface area (Å²) >= 11 is 0. The third kappa shape index (κ3) is 5.02. The molecule has 0 atom stereocenters. The second-order valence-electron chi connectivity index (χ2n) is 5.00. The van der Waals surface area contributed by atoms with Gasteiger partial charge in [-0.3, -0.25) is 14.4 Å². The number of esters is 3. The van der Waals surface area contributed by atoms with Gasteiger partial charge in [-0.1, -0.05) is 13.8 Å². The maximum atomic E-state index is 12.3. The molecule has 0 aromatic rings. The highest BCUT2D eigenvalue weighted by Gasteiger charge is 2.56. The lowest BCUT2D eigenvalue weighted by Gasteiger charge is -2.27. The SMILES string of the molecule is CCOC(=O)C(CCC(C)C)(C(=O)OCC)C(=O)OCC. The van der Waals surface area contributed by atoms with Gasteiger partial charge in [0.15, 0.2) is 0 Å². The Morgan fingerprint density at radius 3 is 1.38 bits per heavy atom. The molecular weight excluding hydrogens is 276 g/mol. The molecule has 6 nitrogen and oxygen atoms in total. The Labute approximate surface area is 126 Å². The molecule has 0 bridgehead atoms. The van der Waals surface area contributed by atoms with Crippen LogP contribution in [0.4, 0.5) is 0 Å². The van der Waals surface area contributed by atoms with Crippen molar-refractivity contribution in [1.29, 1.82) is 0 Å². The van der Waals surface area contributed by atoms with Crippen LogP contribution in [-0.2, 0) is 28.6 Å². The average molecular weight is 302 g/mol. The summed E-state index contributed by atoms with van der Waals surface area (Å²) in [6, 6.07) is 0. The molecule has 21 heavy (non-hydrogen) atoms. The smallest absolute Gasteiger partial charge is 0.335 e. The van der Waals surface area contributed by atoms with Gasteiger partial charge < -0.3 is 14.2 Å². The monoisotopic (exact) mass is 302 g/mol. The van der Waals surface area contributed by atoms with E-state index in [2.05, 4.69) is 0 Å². The van der Waals surface area contributed by atoms with E-state index >= 15 is 0 Å². The summed E-state index contributed by atoms with van der Waals surface area (Å²) in [4.78, 5) is 36.9. The van der Waals surface area contributed by atoms with Crippen molar-refractivity contribution in [2.75, 3.05) is 19.8 Å². The van der Waals surface area contributed by atoms with Crippen molar-refractivity contribution in [3.05, 3.63) is 0 Å². The summed E-state index contributed by atoms with van der Waals surface area (Å²) in [6.45, 7) is 8.92.